The van der Waals surface area contributed by atoms with Gasteiger partial charge in [0, 0.05) is 11.8 Å². The van der Waals surface area contributed by atoms with E-state index in [1.807, 2.05) is 0 Å². The van der Waals surface area contributed by atoms with E-state index in [9.17, 15) is 13.2 Å². The molecule has 0 unspecified atom stereocenters. The molecule has 2 aromatic rings. The lowest BCUT2D eigenvalue weighted by Crippen LogP contribution is -2.17. The quantitative estimate of drug-likeness (QED) is 0.897. The Hall–Kier alpha value is -1.69. The number of aromatic amines is 1. The van der Waals surface area contributed by atoms with Gasteiger partial charge in [0.05, 0.1) is 10.7 Å². The molecule has 3 nitrogen and oxygen atoms in total. The third kappa shape index (κ3) is 2.91. The molecule has 0 saturated heterocycles. The highest BCUT2D eigenvalue weighted by Crippen LogP contribution is 2.32. The van der Waals surface area contributed by atoms with Gasteiger partial charge in [-0.2, -0.15) is 5.10 Å². The Kier molecular flexibility index (Phi) is 2.97. The highest BCUT2D eigenvalue weighted by atomic mass is 35.5. The number of hydrogen-bond acceptors (Lipinski definition) is 2. The lowest BCUT2D eigenvalue weighted by atomic mass is 10.1. The predicted molar refractivity (Wildman–Crippen MR) is 55.7 cm³/mol. The average Bonchev–Trinajstić information content (AvgIpc) is 2.68. The standard InChI is InChI=1S/C10H6ClF3N2O/c11-8-5-6(17-10(12,13)14)1-2-7(8)9-3-4-15-16-9/h1-5H,(H,15,16). The number of alkyl halides is 3. The normalized spacial score (nSPS) is 11.5. The van der Waals surface area contributed by atoms with Crippen molar-refractivity contribution in [1.82, 2.24) is 10.2 Å². The van der Waals surface area contributed by atoms with E-state index in [1.54, 1.807) is 6.07 Å². The number of aromatic nitrogens is 2. The van der Waals surface area contributed by atoms with Crippen molar-refractivity contribution < 1.29 is 17.9 Å². The van der Waals surface area contributed by atoms with Crippen LogP contribution in [0.25, 0.3) is 11.3 Å². The van der Waals surface area contributed by atoms with Gasteiger partial charge in [-0.15, -0.1) is 13.2 Å². The number of nitrogens with zero attached hydrogens (tertiary/aromatic N) is 1. The second-order valence-corrected chi connectivity index (χ2v) is 3.57. The molecule has 1 aromatic carbocycles. The highest BCUT2D eigenvalue weighted by Gasteiger charge is 2.31. The highest BCUT2D eigenvalue weighted by molar-refractivity contribution is 6.33. The van der Waals surface area contributed by atoms with Gasteiger partial charge in [0.15, 0.2) is 0 Å². The zero-order chi connectivity index (χ0) is 12.5. The third-order valence-corrected chi connectivity index (χ3v) is 2.28. The molecular formula is C10H6ClF3N2O. The Labute approximate surface area is 99.2 Å². The molecule has 0 fully saturated rings. The van der Waals surface area contributed by atoms with Crippen LogP contribution in [0.3, 0.4) is 0 Å². The Morgan fingerprint density at radius 1 is 1.24 bits per heavy atom. The van der Waals surface area contributed by atoms with Crippen LogP contribution in [0.5, 0.6) is 5.75 Å². The number of nitrogens with one attached hydrogen (secondary N) is 1. The first-order valence-electron chi connectivity index (χ1n) is 4.51. The summed E-state index contributed by atoms with van der Waals surface area (Å²) in [6.45, 7) is 0. The first-order valence-corrected chi connectivity index (χ1v) is 4.88. The number of halogens is 4. The maximum Gasteiger partial charge on any atom is 0.573 e. The van der Waals surface area contributed by atoms with Crippen LogP contribution in [0.2, 0.25) is 5.02 Å². The molecule has 90 valence electrons. The fourth-order valence-electron chi connectivity index (χ4n) is 1.32. The van der Waals surface area contributed by atoms with Crippen LogP contribution in [-0.2, 0) is 0 Å². The molecule has 1 heterocycles. The summed E-state index contributed by atoms with van der Waals surface area (Å²) in [6.07, 6.45) is -3.20. The zero-order valence-corrected chi connectivity index (χ0v) is 9.01. The summed E-state index contributed by atoms with van der Waals surface area (Å²) >= 11 is 5.85. The molecular weight excluding hydrogens is 257 g/mol. The number of ether oxygens (including phenoxy) is 1. The summed E-state index contributed by atoms with van der Waals surface area (Å²) in [5.74, 6) is -0.356. The summed E-state index contributed by atoms with van der Waals surface area (Å²) in [6, 6.07) is 5.38. The summed E-state index contributed by atoms with van der Waals surface area (Å²) in [7, 11) is 0. The van der Waals surface area contributed by atoms with Gasteiger partial charge >= 0.3 is 6.36 Å². The van der Waals surface area contributed by atoms with Crippen LogP contribution < -0.4 is 4.74 Å². The molecule has 0 aliphatic carbocycles. The van der Waals surface area contributed by atoms with Gasteiger partial charge in [0.1, 0.15) is 5.75 Å². The number of benzene rings is 1. The van der Waals surface area contributed by atoms with Crippen molar-refractivity contribution in [2.45, 2.75) is 6.36 Å². The molecule has 1 N–H and O–H groups in total. The van der Waals surface area contributed by atoms with Gasteiger partial charge in [-0.3, -0.25) is 5.10 Å². The molecule has 2 rings (SSSR count). The van der Waals surface area contributed by atoms with Crippen LogP contribution in [0.4, 0.5) is 13.2 Å². The summed E-state index contributed by atoms with van der Waals surface area (Å²) in [5, 5.41) is 6.54. The van der Waals surface area contributed by atoms with Gasteiger partial charge < -0.3 is 4.74 Å². The van der Waals surface area contributed by atoms with Crippen molar-refractivity contribution in [2.24, 2.45) is 0 Å². The third-order valence-electron chi connectivity index (χ3n) is 1.97. The maximum absolute atomic E-state index is 12.0. The summed E-state index contributed by atoms with van der Waals surface area (Å²) < 4.78 is 39.6. The second kappa shape index (κ2) is 4.29. The first kappa shape index (κ1) is 11.8. The fraction of sp³-hybridized carbons (Fsp3) is 0.100. The largest absolute Gasteiger partial charge is 0.573 e. The van der Waals surface area contributed by atoms with Crippen molar-refractivity contribution in [3.8, 4) is 17.0 Å². The maximum atomic E-state index is 12.0. The van der Waals surface area contributed by atoms with Crippen molar-refractivity contribution in [1.29, 1.82) is 0 Å². The average molecular weight is 263 g/mol. The predicted octanol–water partition coefficient (Wildman–Crippen LogP) is 3.63. The smallest absolute Gasteiger partial charge is 0.406 e. The fourth-order valence-corrected chi connectivity index (χ4v) is 1.59. The molecule has 0 radical (unpaired) electrons. The SMILES string of the molecule is FC(F)(F)Oc1ccc(-c2ccn[nH]2)c(Cl)c1. The Morgan fingerprint density at radius 3 is 2.53 bits per heavy atom. The topological polar surface area (TPSA) is 37.9 Å². The lowest BCUT2D eigenvalue weighted by Gasteiger charge is -2.10. The van der Waals surface area contributed by atoms with E-state index < -0.39 is 6.36 Å². The molecule has 0 atom stereocenters. The Balaban J connectivity index is 2.30. The molecule has 0 aliphatic rings. The van der Waals surface area contributed by atoms with E-state index in [2.05, 4.69) is 14.9 Å². The number of hydrogen-bond donors (Lipinski definition) is 1. The first-order chi connectivity index (χ1) is 7.96. The van der Waals surface area contributed by atoms with Gasteiger partial charge in [-0.1, -0.05) is 11.6 Å². The Bertz CT molecular complexity index is 511. The number of rotatable bonds is 2. The molecule has 7 heteroatoms. The molecule has 0 bridgehead atoms. The minimum absolute atomic E-state index is 0.149. The van der Waals surface area contributed by atoms with Crippen LogP contribution in [0.15, 0.2) is 30.5 Å². The van der Waals surface area contributed by atoms with E-state index in [1.165, 1.54) is 18.3 Å². The van der Waals surface area contributed by atoms with E-state index in [0.29, 0.717) is 11.3 Å². The minimum Gasteiger partial charge on any atom is -0.406 e. The van der Waals surface area contributed by atoms with Crippen molar-refractivity contribution in [3.05, 3.63) is 35.5 Å². The van der Waals surface area contributed by atoms with Gasteiger partial charge in [-0.05, 0) is 24.3 Å². The number of H-pyrrole nitrogens is 1. The molecule has 0 saturated carbocycles. The Morgan fingerprint density at radius 2 is 2.00 bits per heavy atom. The summed E-state index contributed by atoms with van der Waals surface area (Å²) in [5.41, 5.74) is 1.17. The molecule has 17 heavy (non-hydrogen) atoms. The van der Waals surface area contributed by atoms with E-state index in [4.69, 9.17) is 11.6 Å². The second-order valence-electron chi connectivity index (χ2n) is 3.16. The van der Waals surface area contributed by atoms with Gasteiger partial charge in [-0.25, -0.2) is 0 Å². The summed E-state index contributed by atoms with van der Waals surface area (Å²) in [4.78, 5) is 0. The van der Waals surface area contributed by atoms with Crippen molar-refractivity contribution in [3.63, 3.8) is 0 Å². The van der Waals surface area contributed by atoms with E-state index in [-0.39, 0.29) is 10.8 Å². The minimum atomic E-state index is -4.72. The lowest BCUT2D eigenvalue weighted by molar-refractivity contribution is -0.274. The molecule has 0 amide bonds. The van der Waals surface area contributed by atoms with Gasteiger partial charge in [0.25, 0.3) is 0 Å². The van der Waals surface area contributed by atoms with Crippen molar-refractivity contribution in [2.75, 3.05) is 0 Å². The van der Waals surface area contributed by atoms with E-state index in [0.717, 1.165) is 6.07 Å². The molecule has 0 spiro atoms. The van der Waals surface area contributed by atoms with Crippen LogP contribution >= 0.6 is 11.6 Å². The van der Waals surface area contributed by atoms with E-state index >= 15 is 0 Å². The van der Waals surface area contributed by atoms with Crippen LogP contribution in [-0.4, -0.2) is 16.6 Å². The zero-order valence-electron chi connectivity index (χ0n) is 8.25. The van der Waals surface area contributed by atoms with Crippen LogP contribution in [0, 0.1) is 0 Å². The monoisotopic (exact) mass is 262 g/mol. The van der Waals surface area contributed by atoms with Gasteiger partial charge in [0.2, 0.25) is 0 Å². The molecule has 0 aliphatic heterocycles. The van der Waals surface area contributed by atoms with Crippen LogP contribution in [0.1, 0.15) is 0 Å². The molecule has 1 aromatic heterocycles. The van der Waals surface area contributed by atoms with Crippen molar-refractivity contribution >= 4 is 11.6 Å².